The molecule has 3 unspecified atom stereocenters. The summed E-state index contributed by atoms with van der Waals surface area (Å²) in [5, 5.41) is 0. The van der Waals surface area contributed by atoms with Crippen molar-refractivity contribution in [2.45, 2.75) is 97.1 Å². The highest BCUT2D eigenvalue weighted by Crippen LogP contribution is 2.37. The second-order valence-electron chi connectivity index (χ2n) is 7.02. The third kappa shape index (κ3) is 3.74. The van der Waals surface area contributed by atoms with E-state index < -0.39 is 0 Å². The molecule has 1 aliphatic carbocycles. The molecular formula is C18H35N. The van der Waals surface area contributed by atoms with Crippen molar-refractivity contribution >= 4 is 0 Å². The molecule has 0 radical (unpaired) electrons. The van der Waals surface area contributed by atoms with E-state index in [-0.39, 0.29) is 0 Å². The quantitative estimate of drug-likeness (QED) is 0.656. The van der Waals surface area contributed by atoms with E-state index in [1.165, 1.54) is 70.8 Å². The summed E-state index contributed by atoms with van der Waals surface area (Å²) in [6.45, 7) is 8.60. The lowest BCUT2D eigenvalue weighted by molar-refractivity contribution is 0.0000677. The summed E-state index contributed by atoms with van der Waals surface area (Å²) in [6, 6.07) is 1.83. The lowest BCUT2D eigenvalue weighted by Crippen LogP contribution is -2.53. The third-order valence-corrected chi connectivity index (χ3v) is 5.81. The zero-order chi connectivity index (χ0) is 13.7. The second-order valence-corrected chi connectivity index (χ2v) is 7.02. The molecule has 1 saturated carbocycles. The molecule has 1 aliphatic heterocycles. The topological polar surface area (TPSA) is 3.24 Å². The molecule has 1 heteroatoms. The smallest absolute Gasteiger partial charge is 0.0126 e. The summed E-state index contributed by atoms with van der Waals surface area (Å²) in [6.07, 6.45) is 14.5. The van der Waals surface area contributed by atoms with Gasteiger partial charge in [0.2, 0.25) is 0 Å². The van der Waals surface area contributed by atoms with Crippen molar-refractivity contribution in [2.24, 2.45) is 11.8 Å². The zero-order valence-corrected chi connectivity index (χ0v) is 13.5. The van der Waals surface area contributed by atoms with E-state index in [9.17, 15) is 0 Å². The van der Waals surface area contributed by atoms with Crippen molar-refractivity contribution in [1.29, 1.82) is 0 Å². The Kier molecular flexibility index (Phi) is 6.19. The highest BCUT2D eigenvalue weighted by Gasteiger charge is 2.37. The molecule has 2 rings (SSSR count). The number of hydrogen-bond donors (Lipinski definition) is 0. The van der Waals surface area contributed by atoms with Gasteiger partial charge in [0.25, 0.3) is 0 Å². The van der Waals surface area contributed by atoms with Crippen molar-refractivity contribution in [3.63, 3.8) is 0 Å². The average Bonchev–Trinajstić information content (AvgIpc) is 2.48. The van der Waals surface area contributed by atoms with Crippen LogP contribution in [0.1, 0.15) is 85.0 Å². The molecule has 19 heavy (non-hydrogen) atoms. The standard InChI is InChI=1S/C18H35N/c1-4-10-18-16(6-3)13-15(5-2)14-19(18)17-11-8-7-9-12-17/h15-18H,4-14H2,1-3H3. The van der Waals surface area contributed by atoms with Gasteiger partial charge in [0.05, 0.1) is 0 Å². The maximum atomic E-state index is 2.98. The molecule has 0 spiro atoms. The number of nitrogens with zero attached hydrogens (tertiary/aromatic N) is 1. The Labute approximate surface area is 121 Å². The van der Waals surface area contributed by atoms with E-state index >= 15 is 0 Å². The molecule has 3 atom stereocenters. The van der Waals surface area contributed by atoms with Gasteiger partial charge in [-0.25, -0.2) is 0 Å². The van der Waals surface area contributed by atoms with Gasteiger partial charge in [-0.2, -0.15) is 0 Å². The predicted molar refractivity (Wildman–Crippen MR) is 84.5 cm³/mol. The number of piperidine rings is 1. The monoisotopic (exact) mass is 265 g/mol. The first-order valence-corrected chi connectivity index (χ1v) is 9.05. The molecule has 0 bridgehead atoms. The Morgan fingerprint density at radius 2 is 1.68 bits per heavy atom. The Hall–Kier alpha value is -0.0400. The van der Waals surface area contributed by atoms with E-state index in [0.717, 1.165) is 23.9 Å². The Balaban J connectivity index is 2.08. The van der Waals surface area contributed by atoms with Gasteiger partial charge in [-0.1, -0.05) is 59.3 Å². The first kappa shape index (κ1) is 15.4. The van der Waals surface area contributed by atoms with Crippen LogP contribution in [0.3, 0.4) is 0 Å². The minimum absolute atomic E-state index is 0.904. The van der Waals surface area contributed by atoms with E-state index in [0.29, 0.717) is 0 Å². The van der Waals surface area contributed by atoms with E-state index in [2.05, 4.69) is 25.7 Å². The van der Waals surface area contributed by atoms with Crippen LogP contribution in [0.15, 0.2) is 0 Å². The third-order valence-electron chi connectivity index (χ3n) is 5.81. The van der Waals surface area contributed by atoms with Crippen LogP contribution in [0.2, 0.25) is 0 Å². The van der Waals surface area contributed by atoms with Crippen molar-refractivity contribution in [2.75, 3.05) is 6.54 Å². The lowest BCUT2D eigenvalue weighted by atomic mass is 9.77. The van der Waals surface area contributed by atoms with Crippen molar-refractivity contribution in [3.05, 3.63) is 0 Å². The fraction of sp³-hybridized carbons (Fsp3) is 1.00. The molecule has 1 heterocycles. The van der Waals surface area contributed by atoms with Gasteiger partial charge in [-0.3, -0.25) is 4.90 Å². The van der Waals surface area contributed by atoms with Crippen LogP contribution in [0.4, 0.5) is 0 Å². The van der Waals surface area contributed by atoms with Crippen molar-refractivity contribution in [3.8, 4) is 0 Å². The second kappa shape index (κ2) is 7.67. The molecule has 0 aromatic carbocycles. The van der Waals surface area contributed by atoms with Gasteiger partial charge in [0, 0.05) is 18.6 Å². The van der Waals surface area contributed by atoms with Gasteiger partial charge in [-0.15, -0.1) is 0 Å². The zero-order valence-electron chi connectivity index (χ0n) is 13.5. The Bertz CT molecular complexity index is 244. The highest BCUT2D eigenvalue weighted by molar-refractivity contribution is 4.91. The molecule has 0 aromatic rings. The van der Waals surface area contributed by atoms with Crippen molar-refractivity contribution < 1.29 is 0 Å². The number of rotatable bonds is 5. The van der Waals surface area contributed by atoms with E-state index in [1.54, 1.807) is 0 Å². The number of likely N-dealkylation sites (tertiary alicyclic amines) is 1. The molecule has 1 nitrogen and oxygen atoms in total. The first-order valence-electron chi connectivity index (χ1n) is 9.05. The van der Waals surface area contributed by atoms with Crippen molar-refractivity contribution in [1.82, 2.24) is 4.90 Å². The maximum absolute atomic E-state index is 2.98. The largest absolute Gasteiger partial charge is 0.297 e. The maximum Gasteiger partial charge on any atom is 0.0126 e. The van der Waals surface area contributed by atoms with E-state index in [4.69, 9.17) is 0 Å². The molecule has 112 valence electrons. The summed E-state index contributed by atoms with van der Waals surface area (Å²) in [7, 11) is 0. The SMILES string of the molecule is CCCC1C(CC)CC(CC)CN1C1CCCCC1. The molecular weight excluding hydrogens is 230 g/mol. The molecule has 1 saturated heterocycles. The molecule has 0 aromatic heterocycles. The van der Waals surface area contributed by atoms with Crippen LogP contribution in [-0.4, -0.2) is 23.5 Å². The minimum Gasteiger partial charge on any atom is -0.297 e. The van der Waals surface area contributed by atoms with Crippen LogP contribution in [-0.2, 0) is 0 Å². The first-order chi connectivity index (χ1) is 9.30. The Morgan fingerprint density at radius 1 is 0.947 bits per heavy atom. The Morgan fingerprint density at radius 3 is 2.26 bits per heavy atom. The molecule has 2 fully saturated rings. The van der Waals surface area contributed by atoms with Crippen LogP contribution < -0.4 is 0 Å². The van der Waals surface area contributed by atoms with Crippen LogP contribution in [0.25, 0.3) is 0 Å². The van der Waals surface area contributed by atoms with E-state index in [1.807, 2.05) is 0 Å². The normalized spacial score (nSPS) is 34.6. The van der Waals surface area contributed by atoms with Crippen LogP contribution in [0.5, 0.6) is 0 Å². The predicted octanol–water partition coefficient (Wildman–Crippen LogP) is 5.25. The van der Waals surface area contributed by atoms with Gasteiger partial charge in [0.1, 0.15) is 0 Å². The highest BCUT2D eigenvalue weighted by atomic mass is 15.2. The van der Waals surface area contributed by atoms with Gasteiger partial charge < -0.3 is 0 Å². The summed E-state index contributed by atoms with van der Waals surface area (Å²) >= 11 is 0. The molecule has 0 N–H and O–H groups in total. The van der Waals surface area contributed by atoms with Gasteiger partial charge >= 0.3 is 0 Å². The average molecular weight is 265 g/mol. The van der Waals surface area contributed by atoms with Crippen LogP contribution >= 0.6 is 0 Å². The lowest BCUT2D eigenvalue weighted by Gasteiger charge is -2.49. The van der Waals surface area contributed by atoms with Gasteiger partial charge in [0.15, 0.2) is 0 Å². The summed E-state index contributed by atoms with van der Waals surface area (Å²) in [5.74, 6) is 1.94. The fourth-order valence-corrected chi connectivity index (χ4v) is 4.63. The van der Waals surface area contributed by atoms with Crippen LogP contribution in [0, 0.1) is 11.8 Å². The van der Waals surface area contributed by atoms with Gasteiger partial charge in [-0.05, 0) is 37.5 Å². The molecule has 2 aliphatic rings. The molecule has 0 amide bonds. The summed E-state index contributed by atoms with van der Waals surface area (Å²) in [5.41, 5.74) is 0. The summed E-state index contributed by atoms with van der Waals surface area (Å²) in [4.78, 5) is 2.98. The summed E-state index contributed by atoms with van der Waals surface area (Å²) < 4.78 is 0. The minimum atomic E-state index is 0.904. The fourth-order valence-electron chi connectivity index (χ4n) is 4.63. The number of hydrogen-bond acceptors (Lipinski definition) is 1.